The van der Waals surface area contributed by atoms with Crippen molar-refractivity contribution in [3.8, 4) is 0 Å². The van der Waals surface area contributed by atoms with E-state index >= 15 is 0 Å². The van der Waals surface area contributed by atoms with Crippen LogP contribution in [-0.4, -0.2) is 17.5 Å². The Bertz CT molecular complexity index is 209. The van der Waals surface area contributed by atoms with Gasteiger partial charge in [0.15, 0.2) is 0 Å². The fourth-order valence-electron chi connectivity index (χ4n) is 2.10. The Balaban J connectivity index is 1.94. The van der Waals surface area contributed by atoms with Crippen molar-refractivity contribution >= 4 is 0 Å². The molecule has 1 nitrogen and oxygen atoms in total. The highest BCUT2D eigenvalue weighted by molar-refractivity contribution is 5.20. The van der Waals surface area contributed by atoms with Crippen LogP contribution in [0.3, 0.4) is 0 Å². The van der Waals surface area contributed by atoms with Crippen LogP contribution in [0.25, 0.3) is 0 Å². The van der Waals surface area contributed by atoms with E-state index in [2.05, 4.69) is 30.2 Å². The third-order valence-electron chi connectivity index (χ3n) is 2.95. The summed E-state index contributed by atoms with van der Waals surface area (Å²) in [6.45, 7) is 3.30. The van der Waals surface area contributed by atoms with E-state index < -0.39 is 0 Å². The molecule has 66 valence electrons. The summed E-state index contributed by atoms with van der Waals surface area (Å²) in [6, 6.07) is 0.839. The number of rotatable bonds is 1. The van der Waals surface area contributed by atoms with Gasteiger partial charge in [0, 0.05) is 12.6 Å². The molecule has 1 saturated carbocycles. The fraction of sp³-hybridized carbons (Fsp3) is 0.636. The van der Waals surface area contributed by atoms with Gasteiger partial charge in [-0.1, -0.05) is 24.5 Å². The zero-order valence-electron chi connectivity index (χ0n) is 7.79. The summed E-state index contributed by atoms with van der Waals surface area (Å²) in [6.07, 6.45) is 12.5. The van der Waals surface area contributed by atoms with Crippen LogP contribution in [-0.2, 0) is 0 Å². The molecule has 1 fully saturated rings. The van der Waals surface area contributed by atoms with Crippen LogP contribution in [0.2, 0.25) is 0 Å². The predicted octanol–water partition coefficient (Wildman–Crippen LogP) is 2.70. The van der Waals surface area contributed by atoms with Crippen LogP contribution < -0.4 is 0 Å². The molecule has 0 amide bonds. The molecule has 0 spiro atoms. The molecular formula is C11H17N. The maximum absolute atomic E-state index is 2.49. The third kappa shape index (κ3) is 1.55. The quantitative estimate of drug-likeness (QED) is 0.574. The summed E-state index contributed by atoms with van der Waals surface area (Å²) in [5, 5.41) is 0. The fourth-order valence-corrected chi connectivity index (χ4v) is 2.10. The van der Waals surface area contributed by atoms with Crippen LogP contribution in [0.1, 0.15) is 32.6 Å². The molecule has 0 atom stereocenters. The largest absolute Gasteiger partial charge is 0.371 e. The molecule has 1 aliphatic carbocycles. The Kier molecular flexibility index (Phi) is 2.20. The second-order valence-electron chi connectivity index (χ2n) is 3.90. The van der Waals surface area contributed by atoms with Gasteiger partial charge in [-0.15, -0.1) is 0 Å². The first-order chi connectivity index (χ1) is 5.86. The molecule has 2 rings (SSSR count). The van der Waals surface area contributed by atoms with E-state index in [1.165, 1.54) is 31.3 Å². The molecule has 0 aromatic carbocycles. The molecular weight excluding hydrogens is 146 g/mol. The van der Waals surface area contributed by atoms with Gasteiger partial charge >= 0.3 is 0 Å². The second kappa shape index (κ2) is 3.34. The first-order valence-electron chi connectivity index (χ1n) is 4.97. The lowest BCUT2D eigenvalue weighted by atomic mass is 10.1. The third-order valence-corrected chi connectivity index (χ3v) is 2.95. The van der Waals surface area contributed by atoms with E-state index in [0.717, 1.165) is 12.6 Å². The van der Waals surface area contributed by atoms with Crippen molar-refractivity contribution in [2.45, 2.75) is 38.6 Å². The normalized spacial score (nSPS) is 24.8. The van der Waals surface area contributed by atoms with E-state index in [9.17, 15) is 0 Å². The SMILES string of the molecule is CC1=CCN(C2CCCC2)C=C1. The lowest BCUT2D eigenvalue weighted by molar-refractivity contribution is 0.303. The van der Waals surface area contributed by atoms with Gasteiger partial charge in [0.2, 0.25) is 0 Å². The molecule has 1 heterocycles. The van der Waals surface area contributed by atoms with E-state index in [4.69, 9.17) is 0 Å². The van der Waals surface area contributed by atoms with Crippen molar-refractivity contribution in [1.29, 1.82) is 0 Å². The van der Waals surface area contributed by atoms with Gasteiger partial charge in [-0.2, -0.15) is 0 Å². The molecule has 0 unspecified atom stereocenters. The molecule has 0 radical (unpaired) electrons. The second-order valence-corrected chi connectivity index (χ2v) is 3.90. The standard InChI is InChI=1S/C11H17N/c1-10-6-8-12(9-7-10)11-4-2-3-5-11/h6-8,11H,2-5,9H2,1H3. The van der Waals surface area contributed by atoms with Crippen LogP contribution in [0.15, 0.2) is 23.9 Å². The number of hydrogen-bond donors (Lipinski definition) is 0. The highest BCUT2D eigenvalue weighted by Gasteiger charge is 2.19. The van der Waals surface area contributed by atoms with E-state index in [1.54, 1.807) is 0 Å². The Morgan fingerprint density at radius 3 is 2.67 bits per heavy atom. The average Bonchev–Trinajstić information content (AvgIpc) is 2.58. The molecule has 0 saturated heterocycles. The Hall–Kier alpha value is -0.720. The van der Waals surface area contributed by atoms with Crippen molar-refractivity contribution in [2.24, 2.45) is 0 Å². The van der Waals surface area contributed by atoms with Crippen LogP contribution in [0.4, 0.5) is 0 Å². The van der Waals surface area contributed by atoms with Crippen LogP contribution in [0, 0.1) is 0 Å². The maximum atomic E-state index is 2.49. The molecule has 12 heavy (non-hydrogen) atoms. The monoisotopic (exact) mass is 163 g/mol. The average molecular weight is 163 g/mol. The van der Waals surface area contributed by atoms with E-state index in [1.807, 2.05) is 0 Å². The summed E-state index contributed by atoms with van der Waals surface area (Å²) in [4.78, 5) is 2.49. The van der Waals surface area contributed by atoms with Gasteiger partial charge in [-0.3, -0.25) is 0 Å². The molecule has 2 aliphatic rings. The lowest BCUT2D eigenvalue weighted by Crippen LogP contribution is -2.29. The summed E-state index contributed by atoms with van der Waals surface area (Å²) in [7, 11) is 0. The molecule has 1 heteroatoms. The topological polar surface area (TPSA) is 3.24 Å². The molecule has 1 aliphatic heterocycles. The zero-order valence-corrected chi connectivity index (χ0v) is 7.79. The zero-order chi connectivity index (χ0) is 8.39. The van der Waals surface area contributed by atoms with Crippen LogP contribution >= 0.6 is 0 Å². The highest BCUT2D eigenvalue weighted by atomic mass is 15.1. The first kappa shape index (κ1) is 7.90. The number of nitrogens with zero attached hydrogens (tertiary/aromatic N) is 1. The Morgan fingerprint density at radius 2 is 2.08 bits per heavy atom. The minimum atomic E-state index is 0.839. The van der Waals surface area contributed by atoms with E-state index in [-0.39, 0.29) is 0 Å². The van der Waals surface area contributed by atoms with Crippen molar-refractivity contribution in [3.63, 3.8) is 0 Å². The molecule has 0 aromatic rings. The van der Waals surface area contributed by atoms with Crippen molar-refractivity contribution in [1.82, 2.24) is 4.90 Å². The lowest BCUT2D eigenvalue weighted by Gasteiger charge is -2.28. The predicted molar refractivity (Wildman–Crippen MR) is 51.9 cm³/mol. The van der Waals surface area contributed by atoms with Gasteiger partial charge in [-0.05, 0) is 32.0 Å². The summed E-state index contributed by atoms with van der Waals surface area (Å²) in [5.74, 6) is 0. The summed E-state index contributed by atoms with van der Waals surface area (Å²) >= 11 is 0. The molecule has 0 aromatic heterocycles. The minimum absolute atomic E-state index is 0.839. The Morgan fingerprint density at radius 1 is 1.33 bits per heavy atom. The number of hydrogen-bond acceptors (Lipinski definition) is 1. The Labute approximate surface area is 74.8 Å². The molecule has 0 bridgehead atoms. The minimum Gasteiger partial charge on any atom is -0.371 e. The van der Waals surface area contributed by atoms with Crippen molar-refractivity contribution < 1.29 is 0 Å². The first-order valence-corrected chi connectivity index (χ1v) is 4.97. The van der Waals surface area contributed by atoms with Crippen molar-refractivity contribution in [2.75, 3.05) is 6.54 Å². The summed E-state index contributed by atoms with van der Waals surface area (Å²) < 4.78 is 0. The van der Waals surface area contributed by atoms with Gasteiger partial charge < -0.3 is 4.90 Å². The van der Waals surface area contributed by atoms with Crippen LogP contribution in [0.5, 0.6) is 0 Å². The maximum Gasteiger partial charge on any atom is 0.0362 e. The van der Waals surface area contributed by atoms with E-state index in [0.29, 0.717) is 0 Å². The highest BCUT2D eigenvalue weighted by Crippen LogP contribution is 2.24. The smallest absolute Gasteiger partial charge is 0.0362 e. The van der Waals surface area contributed by atoms with Gasteiger partial charge in [-0.25, -0.2) is 0 Å². The number of allylic oxidation sites excluding steroid dienone is 2. The van der Waals surface area contributed by atoms with Gasteiger partial charge in [0.1, 0.15) is 0 Å². The van der Waals surface area contributed by atoms with Crippen molar-refractivity contribution in [3.05, 3.63) is 23.9 Å². The summed E-state index contributed by atoms with van der Waals surface area (Å²) in [5.41, 5.74) is 1.41. The molecule has 0 N–H and O–H groups in total. The van der Waals surface area contributed by atoms with Gasteiger partial charge in [0.25, 0.3) is 0 Å². The van der Waals surface area contributed by atoms with Gasteiger partial charge in [0.05, 0.1) is 0 Å².